The van der Waals surface area contributed by atoms with Crippen LogP contribution in [-0.4, -0.2) is 23.4 Å². The maximum atomic E-state index is 11.4. The van der Waals surface area contributed by atoms with Crippen LogP contribution in [-0.2, 0) is 11.3 Å². The number of amides is 1. The molecule has 0 fully saturated rings. The van der Waals surface area contributed by atoms with E-state index in [4.69, 9.17) is 0 Å². The van der Waals surface area contributed by atoms with Crippen molar-refractivity contribution in [1.82, 2.24) is 10.6 Å². The molecule has 0 unspecified atom stereocenters. The van der Waals surface area contributed by atoms with E-state index in [2.05, 4.69) is 10.6 Å². The van der Waals surface area contributed by atoms with Crippen molar-refractivity contribution in [3.8, 4) is 0 Å². The number of hydrogen-bond acceptors (Lipinski definition) is 4. The summed E-state index contributed by atoms with van der Waals surface area (Å²) in [4.78, 5) is 21.4. The number of carbonyl (C=O) groups excluding carboxylic acids is 1. The van der Waals surface area contributed by atoms with Crippen LogP contribution in [0.3, 0.4) is 0 Å². The molecule has 1 aromatic carbocycles. The summed E-state index contributed by atoms with van der Waals surface area (Å²) in [6.07, 6.45) is 0. The van der Waals surface area contributed by atoms with Crippen LogP contribution in [0.5, 0.6) is 0 Å². The van der Waals surface area contributed by atoms with Crippen LogP contribution in [0.25, 0.3) is 0 Å². The number of nitro benzene ring substituents is 1. The Morgan fingerprint density at radius 3 is 2.44 bits per heavy atom. The van der Waals surface area contributed by atoms with Gasteiger partial charge in [-0.05, 0) is 5.56 Å². The van der Waals surface area contributed by atoms with Crippen molar-refractivity contribution < 1.29 is 9.72 Å². The minimum atomic E-state index is -0.449. The van der Waals surface area contributed by atoms with Gasteiger partial charge in [0.15, 0.2) is 0 Å². The van der Waals surface area contributed by atoms with Gasteiger partial charge in [0.2, 0.25) is 5.91 Å². The average Bonchev–Trinajstić information content (AvgIpc) is 2.34. The van der Waals surface area contributed by atoms with Crippen molar-refractivity contribution in [2.75, 3.05) is 6.54 Å². The van der Waals surface area contributed by atoms with E-state index in [1.54, 1.807) is 12.1 Å². The van der Waals surface area contributed by atoms with Crippen molar-refractivity contribution in [1.29, 1.82) is 0 Å². The summed E-state index contributed by atoms with van der Waals surface area (Å²) in [6.45, 7) is 4.56. The van der Waals surface area contributed by atoms with Gasteiger partial charge in [0.25, 0.3) is 5.69 Å². The van der Waals surface area contributed by atoms with Gasteiger partial charge in [-0.15, -0.1) is 0 Å². The fourth-order valence-corrected chi connectivity index (χ4v) is 1.30. The summed E-state index contributed by atoms with van der Waals surface area (Å²) >= 11 is 0. The molecule has 0 aliphatic rings. The quantitative estimate of drug-likeness (QED) is 0.588. The zero-order chi connectivity index (χ0) is 13.5. The first-order valence-electron chi connectivity index (χ1n) is 5.72. The molecule has 2 N–H and O–H groups in total. The second kappa shape index (κ2) is 6.70. The molecule has 1 amide bonds. The molecule has 0 atom stereocenters. The fraction of sp³-hybridized carbons (Fsp3) is 0.417. The summed E-state index contributed by atoms with van der Waals surface area (Å²) < 4.78 is 0. The van der Waals surface area contributed by atoms with E-state index in [1.807, 2.05) is 13.8 Å². The van der Waals surface area contributed by atoms with Gasteiger partial charge < -0.3 is 10.6 Å². The lowest BCUT2D eigenvalue weighted by Gasteiger charge is -2.08. The Balaban J connectivity index is 2.39. The maximum Gasteiger partial charge on any atom is 0.269 e. The number of rotatable bonds is 6. The van der Waals surface area contributed by atoms with E-state index >= 15 is 0 Å². The zero-order valence-electron chi connectivity index (χ0n) is 10.5. The van der Waals surface area contributed by atoms with Crippen molar-refractivity contribution in [3.05, 3.63) is 39.9 Å². The molecule has 0 radical (unpaired) electrons. The summed E-state index contributed by atoms with van der Waals surface area (Å²) in [5, 5.41) is 16.2. The van der Waals surface area contributed by atoms with Gasteiger partial charge in [0.05, 0.1) is 11.5 Å². The fourth-order valence-electron chi connectivity index (χ4n) is 1.30. The highest BCUT2D eigenvalue weighted by atomic mass is 16.6. The Morgan fingerprint density at radius 1 is 1.33 bits per heavy atom. The monoisotopic (exact) mass is 251 g/mol. The minimum Gasteiger partial charge on any atom is -0.351 e. The lowest BCUT2D eigenvalue weighted by atomic mass is 10.2. The van der Waals surface area contributed by atoms with Crippen LogP contribution in [0.2, 0.25) is 0 Å². The molecule has 6 nitrogen and oxygen atoms in total. The molecule has 1 rings (SSSR count). The van der Waals surface area contributed by atoms with Gasteiger partial charge >= 0.3 is 0 Å². The van der Waals surface area contributed by atoms with Gasteiger partial charge in [-0.1, -0.05) is 26.0 Å². The molecule has 0 bridgehead atoms. The molecular formula is C12H17N3O3. The predicted molar refractivity (Wildman–Crippen MR) is 68.1 cm³/mol. The van der Waals surface area contributed by atoms with E-state index in [0.29, 0.717) is 6.54 Å². The first kappa shape index (κ1) is 14.1. The van der Waals surface area contributed by atoms with Crippen molar-refractivity contribution in [2.24, 2.45) is 0 Å². The van der Waals surface area contributed by atoms with Crippen molar-refractivity contribution >= 4 is 11.6 Å². The SMILES string of the molecule is CC(C)NCC(=O)NCc1ccc([N+](=O)[O-])cc1. The van der Waals surface area contributed by atoms with Gasteiger partial charge in [-0.25, -0.2) is 0 Å². The third kappa shape index (κ3) is 4.92. The van der Waals surface area contributed by atoms with Gasteiger partial charge in [0, 0.05) is 24.7 Å². The first-order valence-corrected chi connectivity index (χ1v) is 5.72. The van der Waals surface area contributed by atoms with Crippen LogP contribution in [0.1, 0.15) is 19.4 Å². The topological polar surface area (TPSA) is 84.3 Å². The second-order valence-electron chi connectivity index (χ2n) is 4.24. The van der Waals surface area contributed by atoms with Crippen LogP contribution in [0, 0.1) is 10.1 Å². The van der Waals surface area contributed by atoms with E-state index in [9.17, 15) is 14.9 Å². The normalized spacial score (nSPS) is 10.4. The molecule has 1 aromatic rings. The third-order valence-corrected chi connectivity index (χ3v) is 2.31. The minimum absolute atomic E-state index is 0.0477. The molecule has 0 aliphatic carbocycles. The highest BCUT2D eigenvalue weighted by Gasteiger charge is 2.05. The summed E-state index contributed by atoms with van der Waals surface area (Å²) in [7, 11) is 0. The van der Waals surface area contributed by atoms with Crippen molar-refractivity contribution in [2.45, 2.75) is 26.4 Å². The number of nitro groups is 1. The number of non-ortho nitro benzene ring substituents is 1. The average molecular weight is 251 g/mol. The molecule has 18 heavy (non-hydrogen) atoms. The first-order chi connectivity index (χ1) is 8.49. The molecule has 0 spiro atoms. The van der Waals surface area contributed by atoms with E-state index < -0.39 is 4.92 Å². The smallest absolute Gasteiger partial charge is 0.269 e. The Labute approximate surface area is 106 Å². The predicted octanol–water partition coefficient (Wildman–Crippen LogP) is 1.21. The Hall–Kier alpha value is -1.95. The number of nitrogens with zero attached hydrogens (tertiary/aromatic N) is 1. The van der Waals surface area contributed by atoms with E-state index in [-0.39, 0.29) is 24.2 Å². The maximum absolute atomic E-state index is 11.4. The summed E-state index contributed by atoms with van der Waals surface area (Å²) in [5.41, 5.74) is 0.880. The van der Waals surface area contributed by atoms with Crippen LogP contribution < -0.4 is 10.6 Å². The number of nitrogens with one attached hydrogen (secondary N) is 2. The largest absolute Gasteiger partial charge is 0.351 e. The van der Waals surface area contributed by atoms with Crippen molar-refractivity contribution in [3.63, 3.8) is 0 Å². The Bertz CT molecular complexity index is 415. The number of carbonyl (C=O) groups is 1. The molecule has 0 heterocycles. The lowest BCUT2D eigenvalue weighted by molar-refractivity contribution is -0.384. The molecular weight excluding hydrogens is 234 g/mol. The van der Waals surface area contributed by atoms with E-state index in [0.717, 1.165) is 5.56 Å². The van der Waals surface area contributed by atoms with Gasteiger partial charge in [-0.3, -0.25) is 14.9 Å². The molecule has 0 saturated heterocycles. The highest BCUT2D eigenvalue weighted by Crippen LogP contribution is 2.11. The molecule has 0 aromatic heterocycles. The lowest BCUT2D eigenvalue weighted by Crippen LogP contribution is -2.36. The van der Waals surface area contributed by atoms with E-state index in [1.165, 1.54) is 12.1 Å². The number of hydrogen-bond donors (Lipinski definition) is 2. The molecule has 6 heteroatoms. The second-order valence-corrected chi connectivity index (χ2v) is 4.24. The summed E-state index contributed by atoms with van der Waals surface area (Å²) in [5.74, 6) is -0.0953. The Kier molecular flexibility index (Phi) is 5.26. The van der Waals surface area contributed by atoms with Gasteiger partial charge in [-0.2, -0.15) is 0 Å². The highest BCUT2D eigenvalue weighted by molar-refractivity contribution is 5.78. The molecule has 98 valence electrons. The third-order valence-electron chi connectivity index (χ3n) is 2.31. The van der Waals surface area contributed by atoms with Crippen LogP contribution >= 0.6 is 0 Å². The van der Waals surface area contributed by atoms with Gasteiger partial charge in [0.1, 0.15) is 0 Å². The standard InChI is InChI=1S/C12H17N3O3/c1-9(2)13-8-12(16)14-7-10-3-5-11(6-4-10)15(17)18/h3-6,9,13H,7-8H2,1-2H3,(H,14,16). The van der Waals surface area contributed by atoms with Crippen LogP contribution in [0.4, 0.5) is 5.69 Å². The van der Waals surface area contributed by atoms with Crippen LogP contribution in [0.15, 0.2) is 24.3 Å². The Morgan fingerprint density at radius 2 is 1.94 bits per heavy atom. The molecule has 0 aliphatic heterocycles. The zero-order valence-corrected chi connectivity index (χ0v) is 10.5. The summed E-state index contributed by atoms with van der Waals surface area (Å²) in [6, 6.07) is 6.37. The number of benzene rings is 1. The molecule has 0 saturated carbocycles.